The smallest absolute Gasteiger partial charge is 0.311 e. The zero-order chi connectivity index (χ0) is 20.6. The molecule has 6 nitrogen and oxygen atoms in total. The normalized spacial score (nSPS) is 10.9. The van der Waals surface area contributed by atoms with Gasteiger partial charge in [-0.3, -0.25) is 10.2 Å². The molecule has 0 radical (unpaired) electrons. The molecule has 0 spiro atoms. The lowest BCUT2D eigenvalue weighted by atomic mass is 10.2. The molecule has 0 saturated heterocycles. The van der Waals surface area contributed by atoms with Crippen LogP contribution in [0.3, 0.4) is 0 Å². The zero-order valence-electron chi connectivity index (χ0n) is 15.4. The van der Waals surface area contributed by atoms with E-state index in [4.69, 9.17) is 9.47 Å². The van der Waals surface area contributed by atoms with E-state index in [2.05, 4.69) is 15.5 Å². The van der Waals surface area contributed by atoms with Crippen molar-refractivity contribution < 1.29 is 23.0 Å². The number of hydrogen-bond acceptors (Lipinski definition) is 7. The number of carbonyl (C=O) groups is 1. The zero-order valence-corrected chi connectivity index (χ0v) is 16.2. The Morgan fingerprint density at radius 1 is 1.24 bits per heavy atom. The summed E-state index contributed by atoms with van der Waals surface area (Å²) in [5.41, 5.74) is 4.00. The number of ether oxygens (including phenoxy) is 2. The van der Waals surface area contributed by atoms with Crippen LogP contribution in [-0.2, 0) is 16.0 Å². The minimum absolute atomic E-state index is 0.0979. The summed E-state index contributed by atoms with van der Waals surface area (Å²) in [4.78, 5) is 15.7. The van der Waals surface area contributed by atoms with E-state index in [0.717, 1.165) is 12.1 Å². The van der Waals surface area contributed by atoms with Crippen LogP contribution < -0.4 is 10.2 Å². The van der Waals surface area contributed by atoms with Gasteiger partial charge in [-0.2, -0.15) is 5.10 Å². The summed E-state index contributed by atoms with van der Waals surface area (Å²) in [6.45, 7) is 2.07. The molecule has 0 amide bonds. The molecule has 1 aromatic heterocycles. The number of hydrazone groups is 1. The highest BCUT2D eigenvalue weighted by molar-refractivity contribution is 7.13. The number of benzene rings is 2. The van der Waals surface area contributed by atoms with Crippen molar-refractivity contribution in [3.05, 3.63) is 70.7 Å². The Bertz CT molecular complexity index is 1020. The average molecular weight is 417 g/mol. The summed E-state index contributed by atoms with van der Waals surface area (Å²) in [7, 11) is 0. The lowest BCUT2D eigenvalue weighted by Gasteiger charge is -2.08. The fraction of sp³-hybridized carbons (Fsp3) is 0.150. The molecule has 0 bridgehead atoms. The third kappa shape index (κ3) is 5.82. The summed E-state index contributed by atoms with van der Waals surface area (Å²) < 4.78 is 37.0. The minimum atomic E-state index is -0.988. The molecule has 29 heavy (non-hydrogen) atoms. The van der Waals surface area contributed by atoms with Crippen LogP contribution in [0.5, 0.6) is 11.5 Å². The van der Waals surface area contributed by atoms with Crippen molar-refractivity contribution in [1.82, 2.24) is 4.98 Å². The van der Waals surface area contributed by atoms with E-state index in [0.29, 0.717) is 28.7 Å². The van der Waals surface area contributed by atoms with Gasteiger partial charge in [-0.05, 0) is 31.2 Å². The number of halogens is 2. The standard InChI is InChI=1S/C20H17F2N3O3S/c1-2-27-19(26)9-14-12-29-20(24-14)25-23-11-13-5-3-4-6-18(13)28-15-7-8-16(21)17(22)10-15/h3-8,10-12H,2,9H2,1H3,(H,24,25). The molecular weight excluding hydrogens is 400 g/mol. The van der Waals surface area contributed by atoms with Crippen molar-refractivity contribution in [2.24, 2.45) is 5.10 Å². The van der Waals surface area contributed by atoms with Gasteiger partial charge in [-0.25, -0.2) is 13.8 Å². The fourth-order valence-corrected chi connectivity index (χ4v) is 2.96. The van der Waals surface area contributed by atoms with Crippen LogP contribution in [0.25, 0.3) is 0 Å². The largest absolute Gasteiger partial charge is 0.466 e. The van der Waals surface area contributed by atoms with Gasteiger partial charge in [0.1, 0.15) is 11.5 Å². The number of thiazole rings is 1. The Morgan fingerprint density at radius 3 is 2.86 bits per heavy atom. The molecule has 1 heterocycles. The SMILES string of the molecule is CCOC(=O)Cc1csc(NN=Cc2ccccc2Oc2ccc(F)c(F)c2)n1. The summed E-state index contributed by atoms with van der Waals surface area (Å²) in [5.74, 6) is -1.68. The summed E-state index contributed by atoms with van der Waals surface area (Å²) in [5, 5.41) is 6.38. The Balaban J connectivity index is 1.65. The lowest BCUT2D eigenvalue weighted by molar-refractivity contribution is -0.142. The maximum atomic E-state index is 13.4. The summed E-state index contributed by atoms with van der Waals surface area (Å²) >= 11 is 1.30. The number of nitrogens with zero attached hydrogens (tertiary/aromatic N) is 2. The Kier molecular flexibility index (Phi) is 6.85. The number of carbonyl (C=O) groups excluding carboxylic acids is 1. The molecule has 2 aromatic carbocycles. The fourth-order valence-electron chi connectivity index (χ4n) is 2.30. The molecule has 9 heteroatoms. The van der Waals surface area contributed by atoms with Crippen molar-refractivity contribution in [2.75, 3.05) is 12.0 Å². The second-order valence-electron chi connectivity index (χ2n) is 5.71. The predicted molar refractivity (Wildman–Crippen MR) is 107 cm³/mol. The number of hydrogen-bond donors (Lipinski definition) is 1. The van der Waals surface area contributed by atoms with Gasteiger partial charge in [0.05, 0.1) is 24.9 Å². The molecule has 0 aliphatic heterocycles. The maximum Gasteiger partial charge on any atom is 0.311 e. The Hall–Kier alpha value is -3.33. The highest BCUT2D eigenvalue weighted by Crippen LogP contribution is 2.25. The van der Waals surface area contributed by atoms with Crippen LogP contribution in [0.15, 0.2) is 52.9 Å². The van der Waals surface area contributed by atoms with Gasteiger partial charge in [0.15, 0.2) is 11.6 Å². The number of para-hydroxylation sites is 1. The van der Waals surface area contributed by atoms with Crippen molar-refractivity contribution in [3.8, 4) is 11.5 Å². The molecule has 0 fully saturated rings. The van der Waals surface area contributed by atoms with Crippen LogP contribution in [0, 0.1) is 11.6 Å². The molecule has 3 aromatic rings. The number of rotatable bonds is 8. The monoisotopic (exact) mass is 417 g/mol. The number of nitrogens with one attached hydrogen (secondary N) is 1. The molecule has 1 N–H and O–H groups in total. The highest BCUT2D eigenvalue weighted by Gasteiger charge is 2.09. The van der Waals surface area contributed by atoms with E-state index in [9.17, 15) is 13.6 Å². The second-order valence-corrected chi connectivity index (χ2v) is 6.57. The van der Waals surface area contributed by atoms with Gasteiger partial charge in [-0.1, -0.05) is 12.1 Å². The van der Waals surface area contributed by atoms with Crippen LogP contribution in [0.2, 0.25) is 0 Å². The second kappa shape index (κ2) is 9.74. The molecule has 0 aliphatic carbocycles. The van der Waals surface area contributed by atoms with E-state index in [-0.39, 0.29) is 18.1 Å². The summed E-state index contributed by atoms with van der Waals surface area (Å²) in [6.07, 6.45) is 1.61. The molecule has 0 unspecified atom stereocenters. The van der Waals surface area contributed by atoms with Gasteiger partial charge in [0.2, 0.25) is 5.13 Å². The van der Waals surface area contributed by atoms with Crippen LogP contribution in [0.4, 0.5) is 13.9 Å². The predicted octanol–water partition coefficient (Wildman–Crippen LogP) is 4.77. The van der Waals surface area contributed by atoms with Gasteiger partial charge >= 0.3 is 5.97 Å². The van der Waals surface area contributed by atoms with Crippen LogP contribution >= 0.6 is 11.3 Å². The first-order valence-corrected chi connectivity index (χ1v) is 9.54. The number of anilines is 1. The number of aromatic nitrogens is 1. The van der Waals surface area contributed by atoms with Crippen LogP contribution in [0.1, 0.15) is 18.2 Å². The molecule has 0 aliphatic rings. The molecule has 0 atom stereocenters. The average Bonchev–Trinajstić information content (AvgIpc) is 3.13. The van der Waals surface area contributed by atoms with E-state index in [1.165, 1.54) is 23.6 Å². The Labute approximate surface area is 169 Å². The quantitative estimate of drug-likeness (QED) is 0.325. The molecular formula is C20H17F2N3O3S. The van der Waals surface area contributed by atoms with Crippen molar-refractivity contribution in [1.29, 1.82) is 0 Å². The molecule has 150 valence electrons. The summed E-state index contributed by atoms with van der Waals surface area (Å²) in [6, 6.07) is 10.3. The van der Waals surface area contributed by atoms with Crippen molar-refractivity contribution in [3.63, 3.8) is 0 Å². The van der Waals surface area contributed by atoms with E-state index < -0.39 is 11.6 Å². The third-order valence-corrected chi connectivity index (χ3v) is 4.38. The van der Waals surface area contributed by atoms with Gasteiger partial charge in [-0.15, -0.1) is 11.3 Å². The maximum absolute atomic E-state index is 13.4. The van der Waals surface area contributed by atoms with E-state index >= 15 is 0 Å². The highest BCUT2D eigenvalue weighted by atomic mass is 32.1. The van der Waals surface area contributed by atoms with Crippen molar-refractivity contribution in [2.45, 2.75) is 13.3 Å². The number of esters is 1. The first kappa shape index (κ1) is 20.4. The first-order valence-electron chi connectivity index (χ1n) is 8.66. The van der Waals surface area contributed by atoms with Crippen molar-refractivity contribution >= 4 is 28.7 Å². The van der Waals surface area contributed by atoms with E-state index in [1.54, 1.807) is 36.6 Å². The van der Waals surface area contributed by atoms with Gasteiger partial charge < -0.3 is 9.47 Å². The Morgan fingerprint density at radius 2 is 2.07 bits per heavy atom. The molecule has 0 saturated carbocycles. The first-order chi connectivity index (χ1) is 14.0. The van der Waals surface area contributed by atoms with E-state index in [1.807, 2.05) is 0 Å². The van der Waals surface area contributed by atoms with Gasteiger partial charge in [0.25, 0.3) is 0 Å². The molecule has 3 rings (SSSR count). The topological polar surface area (TPSA) is 72.8 Å². The van der Waals surface area contributed by atoms with Gasteiger partial charge in [0, 0.05) is 17.0 Å². The third-order valence-electron chi connectivity index (χ3n) is 3.58. The van der Waals surface area contributed by atoms with Crippen LogP contribution in [-0.4, -0.2) is 23.8 Å². The minimum Gasteiger partial charge on any atom is -0.466 e. The lowest BCUT2D eigenvalue weighted by Crippen LogP contribution is -2.07.